The highest BCUT2D eigenvalue weighted by molar-refractivity contribution is 7.98. The molecule has 5 nitrogen and oxygen atoms in total. The second-order valence-electron chi connectivity index (χ2n) is 7.33. The molecule has 0 spiro atoms. The van der Waals surface area contributed by atoms with Gasteiger partial charge in [0.2, 0.25) is 0 Å². The molecular formula is C25H19N5S. The van der Waals surface area contributed by atoms with Gasteiger partial charge in [0, 0.05) is 34.1 Å². The molecule has 6 heteroatoms. The Hall–Kier alpha value is -3.82. The van der Waals surface area contributed by atoms with E-state index in [-0.39, 0.29) is 0 Å². The van der Waals surface area contributed by atoms with Gasteiger partial charge in [-0.3, -0.25) is 4.57 Å². The van der Waals surface area contributed by atoms with Crippen molar-refractivity contribution in [3.8, 4) is 23.1 Å². The molecule has 1 N–H and O–H groups in total. The Balaban J connectivity index is 1.57. The van der Waals surface area contributed by atoms with Gasteiger partial charge in [-0.05, 0) is 48.4 Å². The van der Waals surface area contributed by atoms with Crippen LogP contribution >= 0.6 is 11.8 Å². The Morgan fingerprint density at radius 2 is 1.84 bits per heavy atom. The molecule has 0 unspecified atom stereocenters. The third kappa shape index (κ3) is 3.72. The van der Waals surface area contributed by atoms with Gasteiger partial charge < -0.3 is 4.98 Å². The SMILES string of the molecule is Cc1cccc(-n2c(SCc3ccc(C#N)cc3)nnc2-c2c[nH]c3ccccc23)c1. The van der Waals surface area contributed by atoms with E-state index in [4.69, 9.17) is 5.26 Å². The quantitative estimate of drug-likeness (QED) is 0.359. The summed E-state index contributed by atoms with van der Waals surface area (Å²) in [5, 5.41) is 20.1. The minimum atomic E-state index is 0.665. The zero-order chi connectivity index (χ0) is 21.2. The zero-order valence-corrected chi connectivity index (χ0v) is 17.7. The summed E-state index contributed by atoms with van der Waals surface area (Å²) < 4.78 is 2.12. The number of aryl methyl sites for hydroxylation is 1. The molecule has 0 aliphatic carbocycles. The summed E-state index contributed by atoms with van der Waals surface area (Å²) in [5.41, 5.74) is 6.11. The number of rotatable bonds is 5. The number of H-pyrrole nitrogens is 1. The number of nitriles is 1. The summed E-state index contributed by atoms with van der Waals surface area (Å²) >= 11 is 1.63. The van der Waals surface area contributed by atoms with E-state index < -0.39 is 0 Å². The van der Waals surface area contributed by atoms with E-state index in [0.29, 0.717) is 5.56 Å². The van der Waals surface area contributed by atoms with Crippen molar-refractivity contribution in [2.24, 2.45) is 0 Å². The first kappa shape index (κ1) is 19.2. The monoisotopic (exact) mass is 421 g/mol. The summed E-state index contributed by atoms with van der Waals surface area (Å²) in [6.45, 7) is 2.09. The average Bonchev–Trinajstić information content (AvgIpc) is 3.42. The van der Waals surface area contributed by atoms with Gasteiger partial charge in [0.15, 0.2) is 11.0 Å². The van der Waals surface area contributed by atoms with Crippen LogP contribution in [0.5, 0.6) is 0 Å². The summed E-state index contributed by atoms with van der Waals surface area (Å²) in [4.78, 5) is 3.34. The fourth-order valence-corrected chi connectivity index (χ4v) is 4.53. The lowest BCUT2D eigenvalue weighted by Gasteiger charge is -2.11. The molecule has 5 aromatic rings. The maximum absolute atomic E-state index is 9.01. The predicted octanol–water partition coefficient (Wildman–Crippen LogP) is 5.89. The number of para-hydroxylation sites is 1. The van der Waals surface area contributed by atoms with Crippen molar-refractivity contribution in [2.45, 2.75) is 17.8 Å². The lowest BCUT2D eigenvalue weighted by molar-refractivity contribution is 0.885. The highest BCUT2D eigenvalue weighted by Crippen LogP contribution is 2.33. The lowest BCUT2D eigenvalue weighted by Crippen LogP contribution is -2.00. The van der Waals surface area contributed by atoms with Crippen LogP contribution in [-0.2, 0) is 5.75 Å². The number of hydrogen-bond donors (Lipinski definition) is 1. The van der Waals surface area contributed by atoms with E-state index >= 15 is 0 Å². The fourth-order valence-electron chi connectivity index (χ4n) is 3.62. The molecule has 2 aromatic heterocycles. The molecular weight excluding hydrogens is 402 g/mol. The first-order valence-electron chi connectivity index (χ1n) is 9.94. The van der Waals surface area contributed by atoms with Gasteiger partial charge in [-0.2, -0.15) is 5.26 Å². The Bertz CT molecular complexity index is 1410. The van der Waals surface area contributed by atoms with Crippen LogP contribution in [0, 0.1) is 18.3 Å². The van der Waals surface area contributed by atoms with Crippen molar-refractivity contribution in [3.63, 3.8) is 0 Å². The topological polar surface area (TPSA) is 70.3 Å². The minimum Gasteiger partial charge on any atom is -0.360 e. The standard InChI is InChI=1S/C25H19N5S/c1-17-5-4-6-20(13-17)30-24(22-15-27-23-8-3-2-7-21(22)23)28-29-25(30)31-16-19-11-9-18(14-26)10-12-19/h2-13,15,27H,16H2,1H3. The van der Waals surface area contributed by atoms with Crippen LogP contribution in [-0.4, -0.2) is 19.7 Å². The molecule has 5 rings (SSSR count). The van der Waals surface area contributed by atoms with Gasteiger partial charge in [0.25, 0.3) is 0 Å². The summed E-state index contributed by atoms with van der Waals surface area (Å²) in [6, 6.07) is 26.4. The number of fused-ring (bicyclic) bond motifs is 1. The highest BCUT2D eigenvalue weighted by Gasteiger charge is 2.19. The summed E-state index contributed by atoms with van der Waals surface area (Å²) in [5.74, 6) is 1.55. The second kappa shape index (κ2) is 8.13. The molecule has 0 fully saturated rings. The third-order valence-electron chi connectivity index (χ3n) is 5.17. The predicted molar refractivity (Wildman–Crippen MR) is 124 cm³/mol. The van der Waals surface area contributed by atoms with Crippen molar-refractivity contribution < 1.29 is 0 Å². The van der Waals surface area contributed by atoms with Crippen molar-refractivity contribution in [1.29, 1.82) is 5.26 Å². The number of nitrogens with one attached hydrogen (secondary N) is 1. The van der Waals surface area contributed by atoms with Crippen molar-refractivity contribution >= 4 is 22.7 Å². The number of hydrogen-bond acceptors (Lipinski definition) is 4. The van der Waals surface area contributed by atoms with Gasteiger partial charge in [-0.25, -0.2) is 0 Å². The van der Waals surface area contributed by atoms with Gasteiger partial charge in [0.05, 0.1) is 11.6 Å². The Kier molecular flexibility index (Phi) is 5.03. The number of nitrogens with zero attached hydrogens (tertiary/aromatic N) is 4. The van der Waals surface area contributed by atoms with E-state index in [2.05, 4.69) is 69.1 Å². The van der Waals surface area contributed by atoms with Crippen molar-refractivity contribution in [2.75, 3.05) is 0 Å². The largest absolute Gasteiger partial charge is 0.360 e. The smallest absolute Gasteiger partial charge is 0.196 e. The molecule has 0 radical (unpaired) electrons. The minimum absolute atomic E-state index is 0.665. The van der Waals surface area contributed by atoms with Gasteiger partial charge >= 0.3 is 0 Å². The van der Waals surface area contributed by atoms with E-state index in [0.717, 1.165) is 44.5 Å². The average molecular weight is 422 g/mol. The molecule has 0 amide bonds. The molecule has 2 heterocycles. The number of benzene rings is 3. The van der Waals surface area contributed by atoms with Crippen molar-refractivity contribution in [3.05, 3.63) is 95.7 Å². The van der Waals surface area contributed by atoms with Crippen LogP contribution in [0.2, 0.25) is 0 Å². The Labute approximate surface area is 184 Å². The van der Waals surface area contributed by atoms with Crippen LogP contribution in [0.1, 0.15) is 16.7 Å². The molecule has 0 saturated carbocycles. The van der Waals surface area contributed by atoms with Crippen LogP contribution in [0.15, 0.2) is 84.1 Å². The first-order valence-corrected chi connectivity index (χ1v) is 10.9. The van der Waals surface area contributed by atoms with Crippen LogP contribution in [0.25, 0.3) is 28.0 Å². The molecule has 150 valence electrons. The highest BCUT2D eigenvalue weighted by atomic mass is 32.2. The fraction of sp³-hybridized carbons (Fsp3) is 0.0800. The normalized spacial score (nSPS) is 11.0. The maximum atomic E-state index is 9.01. The lowest BCUT2D eigenvalue weighted by atomic mass is 10.1. The maximum Gasteiger partial charge on any atom is 0.196 e. The molecule has 0 saturated heterocycles. The van der Waals surface area contributed by atoms with Crippen LogP contribution < -0.4 is 0 Å². The molecule has 0 aliphatic rings. The first-order chi connectivity index (χ1) is 15.2. The number of aromatic nitrogens is 4. The van der Waals surface area contributed by atoms with Crippen LogP contribution in [0.3, 0.4) is 0 Å². The van der Waals surface area contributed by atoms with E-state index in [1.165, 1.54) is 5.56 Å². The van der Waals surface area contributed by atoms with E-state index in [1.807, 2.05) is 42.6 Å². The Morgan fingerprint density at radius 3 is 2.65 bits per heavy atom. The molecule has 0 aliphatic heterocycles. The van der Waals surface area contributed by atoms with E-state index in [1.54, 1.807) is 11.8 Å². The van der Waals surface area contributed by atoms with Gasteiger partial charge in [-0.15, -0.1) is 10.2 Å². The van der Waals surface area contributed by atoms with Gasteiger partial charge in [0.1, 0.15) is 0 Å². The summed E-state index contributed by atoms with van der Waals surface area (Å²) in [6.07, 6.45) is 2.00. The summed E-state index contributed by atoms with van der Waals surface area (Å²) in [7, 11) is 0. The molecule has 3 aromatic carbocycles. The second-order valence-corrected chi connectivity index (χ2v) is 8.27. The molecule has 0 atom stereocenters. The van der Waals surface area contributed by atoms with Gasteiger partial charge in [-0.1, -0.05) is 54.2 Å². The number of aromatic amines is 1. The third-order valence-corrected chi connectivity index (χ3v) is 6.17. The molecule has 31 heavy (non-hydrogen) atoms. The zero-order valence-electron chi connectivity index (χ0n) is 16.9. The van der Waals surface area contributed by atoms with Crippen molar-refractivity contribution in [1.82, 2.24) is 19.7 Å². The van der Waals surface area contributed by atoms with Crippen LogP contribution in [0.4, 0.5) is 0 Å². The van der Waals surface area contributed by atoms with E-state index in [9.17, 15) is 0 Å². The number of thioether (sulfide) groups is 1. The Morgan fingerprint density at radius 1 is 1.00 bits per heavy atom. The molecule has 0 bridgehead atoms.